The van der Waals surface area contributed by atoms with Crippen molar-refractivity contribution in [2.45, 2.75) is 92.4 Å². The Labute approximate surface area is 248 Å². The van der Waals surface area contributed by atoms with E-state index in [1.165, 1.54) is 76.7 Å². The van der Waals surface area contributed by atoms with Crippen LogP contribution >= 0.6 is 11.8 Å². The number of thioether (sulfide) groups is 1. The Morgan fingerprint density at radius 3 is 1.33 bits per heavy atom. The van der Waals surface area contributed by atoms with Gasteiger partial charge >= 0.3 is 0 Å². The summed E-state index contributed by atoms with van der Waals surface area (Å²) in [4.78, 5) is 12.4. The van der Waals surface area contributed by atoms with Gasteiger partial charge in [-0.1, -0.05) is 0 Å². The van der Waals surface area contributed by atoms with Crippen LogP contribution in [0.3, 0.4) is 0 Å². The van der Waals surface area contributed by atoms with Crippen molar-refractivity contribution in [3.63, 3.8) is 0 Å². The Kier molecular flexibility index (Phi) is 20.7. The zero-order valence-electron chi connectivity index (χ0n) is 27.4. The molecule has 0 spiro atoms. The van der Waals surface area contributed by atoms with E-state index in [-0.39, 0.29) is 0 Å². The molecule has 4 aliphatic rings. The minimum Gasteiger partial charge on any atom is -0.396 e. The largest absolute Gasteiger partial charge is 0.396 e. The summed E-state index contributed by atoms with van der Waals surface area (Å²) in [6, 6.07) is 2.85. The van der Waals surface area contributed by atoms with E-state index >= 15 is 0 Å². The van der Waals surface area contributed by atoms with Gasteiger partial charge in [0.1, 0.15) is 0 Å². The molecule has 0 amide bonds. The third-order valence-corrected chi connectivity index (χ3v) is 9.40. The number of ether oxygens (including phenoxy) is 1. The average molecular weight is 574 g/mol. The number of likely N-dealkylation sites (N-methyl/N-ethyl adjacent to an activating group) is 1. The number of morpholine rings is 1. The Morgan fingerprint density at radius 2 is 0.974 bits per heavy atom. The smallest absolute Gasteiger partial charge is 0.0594 e. The van der Waals surface area contributed by atoms with Crippen molar-refractivity contribution in [3.8, 4) is 0 Å². The molecule has 0 atom stereocenters. The highest BCUT2D eigenvalue weighted by atomic mass is 32.2. The van der Waals surface area contributed by atoms with E-state index in [0.29, 0.717) is 24.6 Å². The monoisotopic (exact) mass is 574 g/mol. The van der Waals surface area contributed by atoms with Crippen LogP contribution in [0.15, 0.2) is 0 Å². The summed E-state index contributed by atoms with van der Waals surface area (Å²) in [5.41, 5.74) is 0. The fourth-order valence-corrected chi connectivity index (χ4v) is 6.11. The molecule has 0 radical (unpaired) electrons. The van der Waals surface area contributed by atoms with E-state index in [2.05, 4.69) is 98.7 Å². The van der Waals surface area contributed by atoms with Crippen LogP contribution in [-0.2, 0) is 4.74 Å². The van der Waals surface area contributed by atoms with Crippen LogP contribution in [0.2, 0.25) is 0 Å². The van der Waals surface area contributed by atoms with Crippen molar-refractivity contribution in [2.75, 3.05) is 104 Å². The lowest BCUT2D eigenvalue weighted by atomic mass is 9.97. The van der Waals surface area contributed by atoms with Crippen molar-refractivity contribution in [3.05, 3.63) is 0 Å². The van der Waals surface area contributed by atoms with E-state index in [4.69, 9.17) is 9.84 Å². The van der Waals surface area contributed by atoms with Gasteiger partial charge in [0.15, 0.2) is 0 Å². The lowest BCUT2D eigenvalue weighted by Crippen LogP contribution is -2.47. The van der Waals surface area contributed by atoms with Gasteiger partial charge in [0, 0.05) is 94.6 Å². The summed E-state index contributed by atoms with van der Waals surface area (Å²) in [5, 5.41) is 8.90. The fourth-order valence-electron chi connectivity index (χ4n) is 5.18. The summed E-state index contributed by atoms with van der Waals surface area (Å²) in [5.74, 6) is 3.24. The number of aliphatic hydroxyl groups is 1. The molecule has 7 nitrogen and oxygen atoms in total. The normalized spacial score (nSPS) is 23.2. The fraction of sp³-hybridized carbons (Fsp3) is 1.00. The molecule has 0 aliphatic carbocycles. The summed E-state index contributed by atoms with van der Waals surface area (Å²) in [6.07, 6.45) is 2.35. The Bertz CT molecular complexity index is 531. The first-order chi connectivity index (χ1) is 18.5. The molecule has 4 rings (SSSR count). The highest BCUT2D eigenvalue weighted by Crippen LogP contribution is 2.17. The number of likely N-dealkylation sites (tertiary alicyclic amines) is 1. The second-order valence-corrected chi connectivity index (χ2v) is 13.9. The molecule has 0 aromatic heterocycles. The van der Waals surface area contributed by atoms with Crippen molar-refractivity contribution in [1.29, 1.82) is 0 Å². The molecule has 8 heteroatoms. The molecule has 0 saturated carbocycles. The minimum atomic E-state index is 0.381. The molecule has 4 aliphatic heterocycles. The van der Waals surface area contributed by atoms with Crippen LogP contribution in [0.5, 0.6) is 0 Å². The quantitative estimate of drug-likeness (QED) is 0.531. The van der Waals surface area contributed by atoms with Crippen LogP contribution < -0.4 is 0 Å². The maximum Gasteiger partial charge on any atom is 0.0594 e. The molecule has 0 unspecified atom stereocenters. The highest BCUT2D eigenvalue weighted by molar-refractivity contribution is 7.99. The first kappa shape index (κ1) is 37.1. The number of hydrogen-bond acceptors (Lipinski definition) is 8. The van der Waals surface area contributed by atoms with E-state index in [0.717, 1.165) is 38.4 Å². The van der Waals surface area contributed by atoms with Crippen molar-refractivity contribution >= 4 is 11.8 Å². The summed E-state index contributed by atoms with van der Waals surface area (Å²) >= 11 is 2.07. The number of nitrogens with zero attached hydrogens (tertiary/aromatic N) is 5. The molecule has 39 heavy (non-hydrogen) atoms. The van der Waals surface area contributed by atoms with Gasteiger partial charge < -0.3 is 19.6 Å². The second kappa shape index (κ2) is 21.7. The first-order valence-corrected chi connectivity index (χ1v) is 17.1. The molecule has 234 valence electrons. The maximum atomic E-state index is 8.90. The Morgan fingerprint density at radius 1 is 0.590 bits per heavy atom. The summed E-state index contributed by atoms with van der Waals surface area (Å²) in [7, 11) is 2.19. The molecule has 4 heterocycles. The summed E-state index contributed by atoms with van der Waals surface area (Å²) < 4.78 is 5.21. The maximum absolute atomic E-state index is 8.90. The zero-order chi connectivity index (χ0) is 29.2. The van der Waals surface area contributed by atoms with Crippen LogP contribution in [0.25, 0.3) is 0 Å². The van der Waals surface area contributed by atoms with Crippen molar-refractivity contribution in [1.82, 2.24) is 24.5 Å². The van der Waals surface area contributed by atoms with Gasteiger partial charge in [-0.25, -0.2) is 0 Å². The average Bonchev–Trinajstić information content (AvgIpc) is 2.95. The first-order valence-electron chi connectivity index (χ1n) is 16.0. The van der Waals surface area contributed by atoms with Crippen LogP contribution in [-0.4, -0.2) is 158 Å². The molecule has 1 N–H and O–H groups in total. The number of aliphatic hydroxyl groups excluding tert-OH is 1. The minimum absolute atomic E-state index is 0.381. The Balaban J connectivity index is 0.000000261. The van der Waals surface area contributed by atoms with Crippen LogP contribution in [0.4, 0.5) is 0 Å². The Hall–Kier alpha value is 0.0700. The van der Waals surface area contributed by atoms with Gasteiger partial charge in [-0.15, -0.1) is 0 Å². The second-order valence-electron chi connectivity index (χ2n) is 12.7. The molecule has 4 fully saturated rings. The standard InChI is InChI=1S/C9H19NO.C8H18N2.C7H15NO.C7H15NS/c1-8(2)10-5-3-9(7-11)4-6-10;1-8(2)10-6-4-9(3)5-7-10;2*1-7(2)8-3-5-9-6-4-8/h8-9,11H,3-7H2,1-2H3;8H,4-7H2,1-3H3;2*7H,3-6H2,1-2H3. The van der Waals surface area contributed by atoms with Crippen molar-refractivity contribution < 1.29 is 9.84 Å². The molecular weight excluding hydrogens is 506 g/mol. The predicted octanol–water partition coefficient (Wildman–Crippen LogP) is 3.91. The van der Waals surface area contributed by atoms with Crippen molar-refractivity contribution in [2.24, 2.45) is 5.92 Å². The van der Waals surface area contributed by atoms with Gasteiger partial charge in [-0.05, 0) is 94.3 Å². The molecule has 4 saturated heterocycles. The molecule has 0 bridgehead atoms. The summed E-state index contributed by atoms with van der Waals surface area (Å²) in [6.45, 7) is 32.3. The van der Waals surface area contributed by atoms with E-state index in [1.807, 2.05) is 0 Å². The number of piperazine rings is 1. The lowest BCUT2D eigenvalue weighted by molar-refractivity contribution is 0.0238. The van der Waals surface area contributed by atoms with E-state index < -0.39 is 0 Å². The lowest BCUT2D eigenvalue weighted by Gasteiger charge is -2.34. The van der Waals surface area contributed by atoms with Crippen LogP contribution in [0.1, 0.15) is 68.2 Å². The van der Waals surface area contributed by atoms with Gasteiger partial charge in [0.2, 0.25) is 0 Å². The number of hydrogen-bond donors (Lipinski definition) is 1. The topological polar surface area (TPSA) is 45.7 Å². The van der Waals surface area contributed by atoms with Gasteiger partial charge in [0.25, 0.3) is 0 Å². The third kappa shape index (κ3) is 16.9. The van der Waals surface area contributed by atoms with E-state index in [1.54, 1.807) is 0 Å². The molecule has 0 aromatic rings. The molecule has 0 aromatic carbocycles. The highest BCUT2D eigenvalue weighted by Gasteiger charge is 2.19. The van der Waals surface area contributed by atoms with Gasteiger partial charge in [-0.2, -0.15) is 11.8 Å². The predicted molar refractivity (Wildman–Crippen MR) is 172 cm³/mol. The zero-order valence-corrected chi connectivity index (χ0v) is 28.2. The van der Waals surface area contributed by atoms with Gasteiger partial charge in [0.05, 0.1) is 13.2 Å². The van der Waals surface area contributed by atoms with Gasteiger partial charge in [-0.3, -0.25) is 14.7 Å². The van der Waals surface area contributed by atoms with E-state index in [9.17, 15) is 0 Å². The third-order valence-electron chi connectivity index (χ3n) is 8.46. The van der Waals surface area contributed by atoms with Crippen LogP contribution in [0, 0.1) is 5.92 Å². The molecular formula is C31H67N5O2S. The number of piperidine rings is 1. The number of rotatable bonds is 5. The SMILES string of the molecule is CC(C)N1CCC(CO)CC1.CC(C)N1CCN(C)CC1.CC(C)N1CCOCC1.CC(C)N1CCSCC1.